The lowest BCUT2D eigenvalue weighted by atomic mass is 9.82. The van der Waals surface area contributed by atoms with Crippen molar-refractivity contribution in [2.45, 2.75) is 46.3 Å². The number of rotatable bonds is 7. The van der Waals surface area contributed by atoms with Crippen molar-refractivity contribution in [3.05, 3.63) is 48.0 Å². The van der Waals surface area contributed by atoms with Crippen molar-refractivity contribution in [3.8, 4) is 0 Å². The molecule has 0 heterocycles. The number of aldehydes is 1. The first-order valence-electron chi connectivity index (χ1n) is 7.76. The van der Waals surface area contributed by atoms with E-state index < -0.39 is 17.0 Å². The van der Waals surface area contributed by atoms with Crippen molar-refractivity contribution in [1.82, 2.24) is 5.32 Å². The molecule has 0 aliphatic heterocycles. The van der Waals surface area contributed by atoms with E-state index in [1.165, 1.54) is 0 Å². The highest BCUT2D eigenvalue weighted by Crippen LogP contribution is 2.29. The van der Waals surface area contributed by atoms with Gasteiger partial charge in [-0.1, -0.05) is 36.9 Å². The number of carbonyl (C=O) groups is 2. The minimum atomic E-state index is -1.10. The molecule has 0 fully saturated rings. The van der Waals surface area contributed by atoms with Crippen LogP contribution in [0.15, 0.2) is 42.5 Å². The smallest absolute Gasteiger partial charge is 0.318 e. The maximum Gasteiger partial charge on any atom is 0.318 e. The van der Waals surface area contributed by atoms with E-state index in [0.29, 0.717) is 6.29 Å². The second-order valence-electron chi connectivity index (χ2n) is 6.99. The van der Waals surface area contributed by atoms with E-state index in [0.717, 1.165) is 5.56 Å². The number of hydrogen-bond donors (Lipinski definition) is 1. The monoisotopic (exact) mass is 317 g/mol. The van der Waals surface area contributed by atoms with Gasteiger partial charge in [-0.05, 0) is 40.2 Å². The molecule has 1 rings (SSSR count). The zero-order valence-corrected chi connectivity index (χ0v) is 14.7. The Balaban J connectivity index is 2.88. The van der Waals surface area contributed by atoms with Crippen LogP contribution in [0.2, 0.25) is 0 Å². The molecule has 0 spiro atoms. The Morgan fingerprint density at radius 1 is 1.26 bits per heavy atom. The number of benzene rings is 1. The van der Waals surface area contributed by atoms with Gasteiger partial charge in [0.1, 0.15) is 17.3 Å². The SMILES string of the molecule is C=C(C=O)[C@@](C)(CN[C@H](C)c1ccccc1)C(=O)OC(C)(C)C. The molecule has 4 heteroatoms. The van der Waals surface area contributed by atoms with Crippen molar-refractivity contribution >= 4 is 12.3 Å². The van der Waals surface area contributed by atoms with Gasteiger partial charge in [-0.15, -0.1) is 0 Å². The minimum absolute atomic E-state index is 0.0393. The first-order chi connectivity index (χ1) is 10.6. The molecular formula is C19H27NO3. The minimum Gasteiger partial charge on any atom is -0.459 e. The number of hydrogen-bond acceptors (Lipinski definition) is 4. The first-order valence-corrected chi connectivity index (χ1v) is 7.76. The van der Waals surface area contributed by atoms with E-state index >= 15 is 0 Å². The van der Waals surface area contributed by atoms with Gasteiger partial charge in [0.25, 0.3) is 0 Å². The normalized spacial score (nSPS) is 15.3. The third-order valence-electron chi connectivity index (χ3n) is 3.76. The lowest BCUT2D eigenvalue weighted by molar-refractivity contribution is -0.164. The summed E-state index contributed by atoms with van der Waals surface area (Å²) in [6, 6.07) is 9.94. The summed E-state index contributed by atoms with van der Waals surface area (Å²) >= 11 is 0. The molecule has 0 bridgehead atoms. The average molecular weight is 317 g/mol. The molecule has 0 radical (unpaired) electrons. The maximum absolute atomic E-state index is 12.5. The van der Waals surface area contributed by atoms with Crippen LogP contribution < -0.4 is 5.32 Å². The van der Waals surface area contributed by atoms with Gasteiger partial charge in [-0.3, -0.25) is 9.59 Å². The van der Waals surface area contributed by atoms with Gasteiger partial charge >= 0.3 is 5.97 Å². The fourth-order valence-electron chi connectivity index (χ4n) is 2.05. The Hall–Kier alpha value is -1.94. The van der Waals surface area contributed by atoms with Crippen LogP contribution in [0.1, 0.15) is 46.2 Å². The largest absolute Gasteiger partial charge is 0.459 e. The lowest BCUT2D eigenvalue weighted by Crippen LogP contribution is -2.44. The van der Waals surface area contributed by atoms with Crippen molar-refractivity contribution in [2.75, 3.05) is 6.54 Å². The summed E-state index contributed by atoms with van der Waals surface area (Å²) < 4.78 is 5.47. The van der Waals surface area contributed by atoms with Gasteiger partial charge in [-0.25, -0.2) is 0 Å². The third-order valence-corrected chi connectivity index (χ3v) is 3.76. The summed E-state index contributed by atoms with van der Waals surface area (Å²) in [4.78, 5) is 23.7. The molecule has 2 atom stereocenters. The molecule has 1 aromatic carbocycles. The lowest BCUT2D eigenvalue weighted by Gasteiger charge is -2.32. The van der Waals surface area contributed by atoms with Gasteiger partial charge in [0.05, 0.1) is 0 Å². The van der Waals surface area contributed by atoms with E-state index in [2.05, 4.69) is 11.9 Å². The van der Waals surface area contributed by atoms with Crippen molar-refractivity contribution in [2.24, 2.45) is 5.41 Å². The Bertz CT molecular complexity index is 560. The van der Waals surface area contributed by atoms with Crippen LogP contribution in [0.3, 0.4) is 0 Å². The maximum atomic E-state index is 12.5. The van der Waals surface area contributed by atoms with E-state index in [1.807, 2.05) is 37.3 Å². The molecule has 0 aliphatic rings. The van der Waals surface area contributed by atoms with Gasteiger partial charge in [-0.2, -0.15) is 0 Å². The van der Waals surface area contributed by atoms with E-state index in [4.69, 9.17) is 4.74 Å². The van der Waals surface area contributed by atoms with Crippen molar-refractivity contribution in [1.29, 1.82) is 0 Å². The Morgan fingerprint density at radius 3 is 2.30 bits per heavy atom. The highest BCUT2D eigenvalue weighted by molar-refractivity contribution is 5.90. The molecule has 4 nitrogen and oxygen atoms in total. The Kier molecular flexibility index (Phi) is 6.28. The summed E-state index contributed by atoms with van der Waals surface area (Å²) in [5.41, 5.74) is -0.403. The summed E-state index contributed by atoms with van der Waals surface area (Å²) in [5.74, 6) is -0.449. The quantitative estimate of drug-likeness (QED) is 0.475. The number of nitrogens with one attached hydrogen (secondary N) is 1. The van der Waals surface area contributed by atoms with Gasteiger partial charge < -0.3 is 10.1 Å². The average Bonchev–Trinajstić information content (AvgIpc) is 2.50. The van der Waals surface area contributed by atoms with E-state index in [-0.39, 0.29) is 18.2 Å². The zero-order chi connectivity index (χ0) is 17.7. The topological polar surface area (TPSA) is 55.4 Å². The fourth-order valence-corrected chi connectivity index (χ4v) is 2.05. The van der Waals surface area contributed by atoms with Crippen molar-refractivity contribution < 1.29 is 14.3 Å². The van der Waals surface area contributed by atoms with Crippen LogP contribution in [0.5, 0.6) is 0 Å². The van der Waals surface area contributed by atoms with Gasteiger partial charge in [0, 0.05) is 18.2 Å². The zero-order valence-electron chi connectivity index (χ0n) is 14.7. The number of carbonyl (C=O) groups excluding carboxylic acids is 2. The second kappa shape index (κ2) is 7.55. The molecule has 0 saturated heterocycles. The van der Waals surface area contributed by atoms with Crippen LogP contribution in [0.4, 0.5) is 0 Å². The molecule has 1 N–H and O–H groups in total. The molecular weight excluding hydrogens is 290 g/mol. The Morgan fingerprint density at radius 2 is 1.83 bits per heavy atom. The third kappa shape index (κ3) is 5.32. The molecule has 0 aliphatic carbocycles. The fraction of sp³-hybridized carbons (Fsp3) is 0.474. The molecule has 23 heavy (non-hydrogen) atoms. The van der Waals surface area contributed by atoms with Crippen LogP contribution in [0, 0.1) is 5.41 Å². The summed E-state index contributed by atoms with van der Waals surface area (Å²) in [6.07, 6.45) is 0.624. The summed E-state index contributed by atoms with van der Waals surface area (Å²) in [6.45, 7) is 13.1. The number of ether oxygens (including phenoxy) is 1. The molecule has 1 aromatic rings. The first kappa shape index (κ1) is 19.1. The highest BCUT2D eigenvalue weighted by atomic mass is 16.6. The van der Waals surface area contributed by atoms with Gasteiger partial charge in [0.15, 0.2) is 0 Å². The number of esters is 1. The molecule has 0 amide bonds. The molecule has 0 saturated carbocycles. The van der Waals surface area contributed by atoms with Crippen molar-refractivity contribution in [3.63, 3.8) is 0 Å². The predicted octanol–water partition coefficient (Wildman–Crippen LogP) is 3.44. The van der Waals surface area contributed by atoms with Crippen LogP contribution >= 0.6 is 0 Å². The van der Waals surface area contributed by atoms with Crippen LogP contribution in [0.25, 0.3) is 0 Å². The molecule has 0 aromatic heterocycles. The van der Waals surface area contributed by atoms with Crippen LogP contribution in [-0.2, 0) is 14.3 Å². The summed E-state index contributed by atoms with van der Waals surface area (Å²) in [5, 5.41) is 3.30. The second-order valence-corrected chi connectivity index (χ2v) is 6.99. The summed E-state index contributed by atoms with van der Waals surface area (Å²) in [7, 11) is 0. The van der Waals surface area contributed by atoms with E-state index in [9.17, 15) is 9.59 Å². The molecule has 126 valence electrons. The standard InChI is InChI=1S/C19H27NO3/c1-14(12-21)19(6,17(22)23-18(3,4)5)13-20-15(2)16-10-8-7-9-11-16/h7-12,15,20H,1,13H2,2-6H3/t15-,19-/m1/s1. The Labute approximate surface area is 138 Å². The van der Waals surface area contributed by atoms with Crippen LogP contribution in [-0.4, -0.2) is 24.4 Å². The molecule has 0 unspecified atom stereocenters. The highest BCUT2D eigenvalue weighted by Gasteiger charge is 2.39. The van der Waals surface area contributed by atoms with E-state index in [1.54, 1.807) is 27.7 Å². The predicted molar refractivity (Wildman–Crippen MR) is 92.0 cm³/mol. The van der Waals surface area contributed by atoms with Gasteiger partial charge in [0.2, 0.25) is 0 Å².